The first kappa shape index (κ1) is 12.5. The highest BCUT2D eigenvalue weighted by molar-refractivity contribution is 5.82. The van der Waals surface area contributed by atoms with Crippen LogP contribution in [0.25, 0.3) is 10.9 Å². The third-order valence-corrected chi connectivity index (χ3v) is 3.23. The molecule has 0 amide bonds. The van der Waals surface area contributed by atoms with Crippen LogP contribution in [0.4, 0.5) is 5.69 Å². The minimum absolute atomic E-state index is 0.592. The summed E-state index contributed by atoms with van der Waals surface area (Å²) in [7, 11) is 0. The number of rotatable bonds is 2. The predicted molar refractivity (Wildman–Crippen MR) is 82.1 cm³/mol. The SMILES string of the molecule is Cc1ccc(Oc2ccc3cc(N)ccc3n2)c(C)c1. The van der Waals surface area contributed by atoms with E-state index in [9.17, 15) is 0 Å². The summed E-state index contributed by atoms with van der Waals surface area (Å²) >= 11 is 0. The van der Waals surface area contributed by atoms with E-state index in [2.05, 4.69) is 18.0 Å². The molecule has 20 heavy (non-hydrogen) atoms. The first-order valence-corrected chi connectivity index (χ1v) is 6.53. The van der Waals surface area contributed by atoms with E-state index in [0.717, 1.165) is 27.9 Å². The summed E-state index contributed by atoms with van der Waals surface area (Å²) in [6.45, 7) is 4.10. The van der Waals surface area contributed by atoms with Gasteiger partial charge in [0.25, 0.3) is 0 Å². The number of aryl methyl sites for hydroxylation is 2. The summed E-state index contributed by atoms with van der Waals surface area (Å²) < 4.78 is 5.86. The summed E-state index contributed by atoms with van der Waals surface area (Å²) in [6, 6.07) is 15.6. The average Bonchev–Trinajstić information content (AvgIpc) is 2.42. The van der Waals surface area contributed by atoms with Gasteiger partial charge in [-0.2, -0.15) is 0 Å². The van der Waals surface area contributed by atoms with Crippen molar-refractivity contribution in [3.63, 3.8) is 0 Å². The number of nitrogens with zero attached hydrogens (tertiary/aromatic N) is 1. The number of nitrogens with two attached hydrogens (primary N) is 1. The molecule has 2 N–H and O–H groups in total. The fourth-order valence-electron chi connectivity index (χ4n) is 2.21. The van der Waals surface area contributed by atoms with Crippen molar-refractivity contribution in [2.45, 2.75) is 13.8 Å². The molecule has 2 aromatic carbocycles. The van der Waals surface area contributed by atoms with Gasteiger partial charge in [0.15, 0.2) is 0 Å². The summed E-state index contributed by atoms with van der Waals surface area (Å²) in [5.41, 5.74) is 9.70. The topological polar surface area (TPSA) is 48.1 Å². The van der Waals surface area contributed by atoms with Gasteiger partial charge in [0.1, 0.15) is 5.75 Å². The molecule has 0 saturated carbocycles. The lowest BCUT2D eigenvalue weighted by molar-refractivity contribution is 0.461. The molecule has 3 nitrogen and oxygen atoms in total. The molecule has 0 spiro atoms. The maximum Gasteiger partial charge on any atom is 0.219 e. The number of nitrogen functional groups attached to an aromatic ring is 1. The molecule has 1 aromatic heterocycles. The molecule has 0 aliphatic carbocycles. The van der Waals surface area contributed by atoms with Gasteiger partial charge in [-0.1, -0.05) is 17.7 Å². The monoisotopic (exact) mass is 264 g/mol. The van der Waals surface area contributed by atoms with Crippen LogP contribution in [-0.4, -0.2) is 4.98 Å². The molecular formula is C17H16N2O. The van der Waals surface area contributed by atoms with Crippen molar-refractivity contribution in [2.75, 3.05) is 5.73 Å². The van der Waals surface area contributed by atoms with E-state index in [1.165, 1.54) is 5.56 Å². The number of aromatic nitrogens is 1. The highest BCUT2D eigenvalue weighted by Gasteiger charge is 2.04. The summed E-state index contributed by atoms with van der Waals surface area (Å²) in [6.07, 6.45) is 0. The molecule has 3 heteroatoms. The molecule has 100 valence electrons. The normalized spacial score (nSPS) is 10.7. The molecular weight excluding hydrogens is 248 g/mol. The largest absolute Gasteiger partial charge is 0.439 e. The van der Waals surface area contributed by atoms with Crippen molar-refractivity contribution < 1.29 is 4.74 Å². The number of benzene rings is 2. The van der Waals surface area contributed by atoms with Crippen molar-refractivity contribution >= 4 is 16.6 Å². The number of fused-ring (bicyclic) bond motifs is 1. The fourth-order valence-corrected chi connectivity index (χ4v) is 2.21. The van der Waals surface area contributed by atoms with E-state index in [4.69, 9.17) is 10.5 Å². The molecule has 3 rings (SSSR count). The summed E-state index contributed by atoms with van der Waals surface area (Å²) in [4.78, 5) is 4.50. The zero-order valence-corrected chi connectivity index (χ0v) is 11.6. The van der Waals surface area contributed by atoms with Crippen molar-refractivity contribution in [3.8, 4) is 11.6 Å². The Morgan fingerprint density at radius 3 is 2.60 bits per heavy atom. The van der Waals surface area contributed by atoms with Crippen molar-refractivity contribution in [3.05, 3.63) is 59.7 Å². The van der Waals surface area contributed by atoms with Crippen LogP contribution in [0.1, 0.15) is 11.1 Å². The third kappa shape index (κ3) is 2.43. The Hall–Kier alpha value is -2.55. The van der Waals surface area contributed by atoms with Gasteiger partial charge in [-0.15, -0.1) is 0 Å². The van der Waals surface area contributed by atoms with E-state index >= 15 is 0 Å². The van der Waals surface area contributed by atoms with E-state index in [1.54, 1.807) is 0 Å². The Bertz CT molecular complexity index is 781. The predicted octanol–water partition coefficient (Wildman–Crippen LogP) is 4.23. The molecule has 0 radical (unpaired) electrons. The lowest BCUT2D eigenvalue weighted by atomic mass is 10.1. The van der Waals surface area contributed by atoms with Crippen molar-refractivity contribution in [1.82, 2.24) is 4.98 Å². The van der Waals surface area contributed by atoms with E-state index in [1.807, 2.05) is 49.4 Å². The number of hydrogen-bond acceptors (Lipinski definition) is 3. The second kappa shape index (κ2) is 4.85. The van der Waals surface area contributed by atoms with E-state index in [0.29, 0.717) is 5.88 Å². The summed E-state index contributed by atoms with van der Waals surface area (Å²) in [5, 5.41) is 1.01. The lowest BCUT2D eigenvalue weighted by Gasteiger charge is -2.09. The van der Waals surface area contributed by atoms with Gasteiger partial charge in [0, 0.05) is 17.1 Å². The van der Waals surface area contributed by atoms with E-state index in [-0.39, 0.29) is 0 Å². The minimum atomic E-state index is 0.592. The Kier molecular flexibility index (Phi) is 3.03. The van der Waals surface area contributed by atoms with Crippen LogP contribution < -0.4 is 10.5 Å². The van der Waals surface area contributed by atoms with Crippen LogP contribution in [0.5, 0.6) is 11.6 Å². The first-order valence-electron chi connectivity index (χ1n) is 6.53. The van der Waals surface area contributed by atoms with Crippen LogP contribution in [0.2, 0.25) is 0 Å². The van der Waals surface area contributed by atoms with Crippen LogP contribution >= 0.6 is 0 Å². The summed E-state index contributed by atoms with van der Waals surface area (Å²) in [5.74, 6) is 1.42. The van der Waals surface area contributed by atoms with E-state index < -0.39 is 0 Å². The lowest BCUT2D eigenvalue weighted by Crippen LogP contribution is -1.92. The Balaban J connectivity index is 1.96. The van der Waals surface area contributed by atoms with Crippen LogP contribution in [0, 0.1) is 13.8 Å². The van der Waals surface area contributed by atoms with Crippen molar-refractivity contribution in [2.24, 2.45) is 0 Å². The van der Waals surface area contributed by atoms with Crippen LogP contribution in [0.15, 0.2) is 48.5 Å². The maximum atomic E-state index is 5.86. The quantitative estimate of drug-likeness (QED) is 0.705. The highest BCUT2D eigenvalue weighted by atomic mass is 16.5. The van der Waals surface area contributed by atoms with Crippen LogP contribution in [0.3, 0.4) is 0 Å². The molecule has 0 saturated heterocycles. The minimum Gasteiger partial charge on any atom is -0.439 e. The number of ether oxygens (including phenoxy) is 1. The van der Waals surface area contributed by atoms with Gasteiger partial charge in [-0.05, 0) is 49.7 Å². The molecule has 0 unspecified atom stereocenters. The van der Waals surface area contributed by atoms with Gasteiger partial charge >= 0.3 is 0 Å². The standard InChI is InChI=1S/C17H16N2O/c1-11-3-7-16(12(2)9-11)20-17-8-4-13-10-14(18)5-6-15(13)19-17/h3-10H,18H2,1-2H3. The zero-order chi connectivity index (χ0) is 14.1. The number of hydrogen-bond donors (Lipinski definition) is 1. The Labute approximate surface area is 118 Å². The molecule has 0 bridgehead atoms. The third-order valence-electron chi connectivity index (χ3n) is 3.23. The molecule has 1 heterocycles. The number of pyridine rings is 1. The molecule has 0 fully saturated rings. The average molecular weight is 264 g/mol. The molecule has 3 aromatic rings. The van der Waals surface area contributed by atoms with Crippen molar-refractivity contribution in [1.29, 1.82) is 0 Å². The van der Waals surface area contributed by atoms with Gasteiger partial charge in [-0.25, -0.2) is 4.98 Å². The van der Waals surface area contributed by atoms with Gasteiger partial charge in [-0.3, -0.25) is 0 Å². The van der Waals surface area contributed by atoms with Gasteiger partial charge in [0.05, 0.1) is 5.52 Å². The van der Waals surface area contributed by atoms with Gasteiger partial charge in [0.2, 0.25) is 5.88 Å². The molecule has 0 atom stereocenters. The van der Waals surface area contributed by atoms with Crippen LogP contribution in [-0.2, 0) is 0 Å². The maximum absolute atomic E-state index is 5.86. The number of anilines is 1. The first-order chi connectivity index (χ1) is 9.61. The smallest absolute Gasteiger partial charge is 0.219 e. The highest BCUT2D eigenvalue weighted by Crippen LogP contribution is 2.26. The Morgan fingerprint density at radius 2 is 1.80 bits per heavy atom. The zero-order valence-electron chi connectivity index (χ0n) is 11.6. The second-order valence-electron chi connectivity index (χ2n) is 4.97. The molecule has 0 aliphatic rings. The van der Waals surface area contributed by atoms with Gasteiger partial charge < -0.3 is 10.5 Å². The molecule has 0 aliphatic heterocycles. The second-order valence-corrected chi connectivity index (χ2v) is 4.97. The fraction of sp³-hybridized carbons (Fsp3) is 0.118. The Morgan fingerprint density at radius 1 is 0.950 bits per heavy atom.